The Kier molecular flexibility index (Phi) is 4.12. The Hall–Kier alpha value is 0.1000. The minimum Gasteiger partial charge on any atom is -1.00 e. The Balaban J connectivity index is 0. The van der Waals surface area contributed by atoms with E-state index in [0.717, 1.165) is 0 Å². The topological polar surface area (TPSA) is 66.4 Å². The molecule has 0 bridgehead atoms. The third-order valence-electron chi connectivity index (χ3n) is 1.29. The van der Waals surface area contributed by atoms with E-state index >= 15 is 0 Å². The zero-order valence-electron chi connectivity index (χ0n) is 6.76. The molecule has 1 aliphatic heterocycles. The number of ketones is 1. The maximum Gasteiger partial charge on any atom is 1.00 e. The number of hydrogen-bond donors (Lipinski definition) is 2. The van der Waals surface area contributed by atoms with Crippen LogP contribution < -0.4 is 34.9 Å². The molecule has 4 nitrogen and oxygen atoms in total. The van der Waals surface area contributed by atoms with Crippen molar-refractivity contribution in [3.8, 4) is 0 Å². The molecule has 1 saturated heterocycles. The van der Waals surface area contributed by atoms with Gasteiger partial charge >= 0.3 is 35.5 Å². The number of aliphatic carboxylic acids is 1. The fourth-order valence-electron chi connectivity index (χ4n) is 0.823. The zero-order chi connectivity index (χ0) is 6.85. The molecule has 0 aliphatic carbocycles. The molecule has 0 saturated carbocycles. The van der Waals surface area contributed by atoms with Crippen LogP contribution in [0.3, 0.4) is 0 Å². The predicted molar refractivity (Wildman–Crippen MR) is 30.2 cm³/mol. The number of carbonyl (C=O) groups is 2. The molecule has 10 heavy (non-hydrogen) atoms. The molecule has 0 spiro atoms. The van der Waals surface area contributed by atoms with Crippen LogP contribution in [-0.4, -0.2) is 29.4 Å². The van der Waals surface area contributed by atoms with E-state index in [1.165, 1.54) is 0 Å². The van der Waals surface area contributed by atoms with E-state index in [2.05, 4.69) is 5.32 Å². The summed E-state index contributed by atoms with van der Waals surface area (Å²) in [5.41, 5.74) is 0. The second-order valence-electron chi connectivity index (χ2n) is 1.94. The van der Waals surface area contributed by atoms with Crippen molar-refractivity contribution >= 4 is 11.8 Å². The molecule has 0 radical (unpaired) electrons. The van der Waals surface area contributed by atoms with Gasteiger partial charge in [0.2, 0.25) is 0 Å². The smallest absolute Gasteiger partial charge is 1.00 e. The predicted octanol–water partition coefficient (Wildman–Crippen LogP) is -3.88. The first-order chi connectivity index (χ1) is 4.22. The normalized spacial score (nSPS) is 24.0. The molecule has 1 heterocycles. The van der Waals surface area contributed by atoms with Crippen molar-refractivity contribution in [1.82, 2.24) is 5.32 Å². The van der Waals surface area contributed by atoms with Crippen LogP contribution in [0.1, 0.15) is 7.85 Å². The van der Waals surface area contributed by atoms with Gasteiger partial charge in [-0.3, -0.25) is 14.9 Å². The largest absolute Gasteiger partial charge is 1.00 e. The van der Waals surface area contributed by atoms with Gasteiger partial charge in [-0.05, 0) is 0 Å². The van der Waals surface area contributed by atoms with Crippen molar-refractivity contribution in [2.45, 2.75) is 12.5 Å². The number of hydrogen-bond acceptors (Lipinski definition) is 3. The number of rotatable bonds is 1. The summed E-state index contributed by atoms with van der Waals surface area (Å²) in [6.45, 7) is 0.496. The van der Waals surface area contributed by atoms with Gasteiger partial charge in [0.05, 0.1) is 0 Å². The van der Waals surface area contributed by atoms with Crippen LogP contribution in [0.15, 0.2) is 0 Å². The number of carboxylic acids is 1. The van der Waals surface area contributed by atoms with E-state index in [0.29, 0.717) is 13.0 Å². The quantitative estimate of drug-likeness (QED) is 0.299. The van der Waals surface area contributed by atoms with Crippen molar-refractivity contribution in [2.24, 2.45) is 0 Å². The average molecular weight is 153 g/mol. The average Bonchev–Trinajstić information content (AvgIpc) is 2.13. The van der Waals surface area contributed by atoms with Gasteiger partial charge < -0.3 is 6.53 Å². The molecule has 52 valence electrons. The van der Waals surface area contributed by atoms with Crippen LogP contribution in [0.2, 0.25) is 0 Å². The van der Waals surface area contributed by atoms with Crippen LogP contribution in [0.5, 0.6) is 0 Å². The van der Waals surface area contributed by atoms with Crippen molar-refractivity contribution in [1.29, 1.82) is 0 Å². The summed E-state index contributed by atoms with van der Waals surface area (Å²) in [5, 5.41) is 10.9. The van der Waals surface area contributed by atoms with Gasteiger partial charge in [0.15, 0.2) is 11.8 Å². The Labute approximate surface area is 81.8 Å². The van der Waals surface area contributed by atoms with Crippen molar-refractivity contribution in [3.05, 3.63) is 0 Å². The molecule has 5 heteroatoms. The molecule has 2 N–H and O–H groups in total. The Morgan fingerprint density at radius 1 is 1.80 bits per heavy atom. The molecule has 1 fully saturated rings. The third kappa shape index (κ3) is 2.05. The molecule has 0 amide bonds. The number of carbonyl (C=O) groups excluding carboxylic acids is 1. The van der Waals surface area contributed by atoms with Crippen LogP contribution in [0, 0.1) is 0 Å². The van der Waals surface area contributed by atoms with Gasteiger partial charge in [0.1, 0.15) is 0 Å². The Bertz CT molecular complexity index is 164. The van der Waals surface area contributed by atoms with Crippen molar-refractivity contribution in [3.63, 3.8) is 0 Å². The SMILES string of the molecule is O=C(O)C1NCCC1=O.[H-].[Na+]. The van der Waals surface area contributed by atoms with Crippen LogP contribution in [0.4, 0.5) is 0 Å². The van der Waals surface area contributed by atoms with Gasteiger partial charge in [-0.1, -0.05) is 0 Å². The number of nitrogens with one attached hydrogen (secondary N) is 1. The van der Waals surface area contributed by atoms with Gasteiger partial charge in [-0.15, -0.1) is 0 Å². The van der Waals surface area contributed by atoms with E-state index < -0.39 is 12.0 Å². The van der Waals surface area contributed by atoms with Gasteiger partial charge in [0.25, 0.3) is 0 Å². The summed E-state index contributed by atoms with van der Waals surface area (Å²) in [6, 6.07) is -0.940. The Morgan fingerprint density at radius 2 is 2.40 bits per heavy atom. The van der Waals surface area contributed by atoms with E-state index in [9.17, 15) is 9.59 Å². The fraction of sp³-hybridized carbons (Fsp3) is 0.600. The first kappa shape index (κ1) is 10.1. The molecule has 1 aliphatic rings. The standard InChI is InChI=1S/C5H7NO3.Na.H/c7-3-1-2-6-4(3)5(8)9;;/h4,6H,1-2H2,(H,8,9);;/q;+1;-1. The van der Waals surface area contributed by atoms with Crippen LogP contribution >= 0.6 is 0 Å². The van der Waals surface area contributed by atoms with Crippen molar-refractivity contribution in [2.75, 3.05) is 6.54 Å². The van der Waals surface area contributed by atoms with E-state index in [-0.39, 0.29) is 36.8 Å². The summed E-state index contributed by atoms with van der Waals surface area (Å²) < 4.78 is 0. The summed E-state index contributed by atoms with van der Waals surface area (Å²) in [5.74, 6) is -1.29. The molecule has 1 rings (SSSR count). The first-order valence-electron chi connectivity index (χ1n) is 2.70. The number of Topliss-reactive ketones (excluding diaryl/α,β-unsaturated/α-hetero) is 1. The molecule has 0 aromatic carbocycles. The summed E-state index contributed by atoms with van der Waals surface area (Å²) in [7, 11) is 0. The van der Waals surface area contributed by atoms with E-state index in [1.807, 2.05) is 0 Å². The second-order valence-corrected chi connectivity index (χ2v) is 1.94. The molecule has 0 aromatic rings. The maximum atomic E-state index is 10.6. The van der Waals surface area contributed by atoms with E-state index in [1.54, 1.807) is 0 Å². The summed E-state index contributed by atoms with van der Waals surface area (Å²) in [6.07, 6.45) is 0.344. The molecule has 1 atom stereocenters. The summed E-state index contributed by atoms with van der Waals surface area (Å²) >= 11 is 0. The van der Waals surface area contributed by atoms with Crippen molar-refractivity contribution < 1.29 is 45.7 Å². The summed E-state index contributed by atoms with van der Waals surface area (Å²) in [4.78, 5) is 20.7. The third-order valence-corrected chi connectivity index (χ3v) is 1.29. The molecule has 1 unspecified atom stereocenters. The molecular formula is C5H8NNaO3. The first-order valence-corrected chi connectivity index (χ1v) is 2.70. The molecule has 0 aromatic heterocycles. The minimum atomic E-state index is -1.07. The minimum absolute atomic E-state index is 0. The van der Waals surface area contributed by atoms with Gasteiger partial charge in [0, 0.05) is 13.0 Å². The molecular weight excluding hydrogens is 145 g/mol. The second kappa shape index (κ2) is 4.08. The maximum absolute atomic E-state index is 10.6. The van der Waals surface area contributed by atoms with Crippen LogP contribution in [-0.2, 0) is 9.59 Å². The van der Waals surface area contributed by atoms with Gasteiger partial charge in [-0.2, -0.15) is 0 Å². The van der Waals surface area contributed by atoms with E-state index in [4.69, 9.17) is 5.11 Å². The number of carboxylic acid groups (broad SMARTS) is 1. The Morgan fingerprint density at radius 3 is 2.60 bits per heavy atom. The monoisotopic (exact) mass is 153 g/mol. The fourth-order valence-corrected chi connectivity index (χ4v) is 0.823. The zero-order valence-corrected chi connectivity index (χ0v) is 7.76. The van der Waals surface area contributed by atoms with Crippen LogP contribution in [0.25, 0.3) is 0 Å². The van der Waals surface area contributed by atoms with Gasteiger partial charge in [-0.25, -0.2) is 0 Å².